The Kier molecular flexibility index (Phi) is 12.7. The lowest BCUT2D eigenvalue weighted by Gasteiger charge is -2.21. The average Bonchev–Trinajstić information content (AvgIpc) is 2.70. The molecule has 0 aliphatic heterocycles. The van der Waals surface area contributed by atoms with Crippen LogP contribution in [0.4, 0.5) is 0 Å². The Labute approximate surface area is 174 Å². The Hall–Kier alpha value is -2.12. The quantitative estimate of drug-likeness (QED) is 0.152. The SMILES string of the molecule is CCOC1=CCCC=C1NC/C(C)=C/CN(NC)C(N)=NC/C=C/C=C\SC. The van der Waals surface area contributed by atoms with Crippen LogP contribution in [-0.4, -0.2) is 50.5 Å². The van der Waals surface area contributed by atoms with Gasteiger partial charge in [-0.2, -0.15) is 0 Å². The van der Waals surface area contributed by atoms with E-state index in [4.69, 9.17) is 10.5 Å². The van der Waals surface area contributed by atoms with Crippen LogP contribution in [0.2, 0.25) is 0 Å². The van der Waals surface area contributed by atoms with E-state index >= 15 is 0 Å². The van der Waals surface area contributed by atoms with Gasteiger partial charge in [-0.15, -0.1) is 11.8 Å². The first kappa shape index (κ1) is 23.9. The molecule has 0 amide bonds. The monoisotopic (exact) mass is 405 g/mol. The van der Waals surface area contributed by atoms with Crippen molar-refractivity contribution < 1.29 is 4.74 Å². The molecule has 1 aliphatic carbocycles. The first-order chi connectivity index (χ1) is 13.6. The van der Waals surface area contributed by atoms with Crippen molar-refractivity contribution in [2.75, 3.05) is 39.5 Å². The van der Waals surface area contributed by atoms with E-state index in [-0.39, 0.29) is 0 Å². The fraction of sp³-hybridized carbons (Fsp3) is 0.476. The maximum atomic E-state index is 6.08. The average molecular weight is 406 g/mol. The molecule has 7 heteroatoms. The smallest absolute Gasteiger partial charge is 0.206 e. The van der Waals surface area contributed by atoms with Crippen LogP contribution in [0.15, 0.2) is 63.9 Å². The molecule has 4 N–H and O–H groups in total. The molecule has 1 rings (SSSR count). The molecule has 0 unspecified atom stereocenters. The van der Waals surface area contributed by atoms with Gasteiger partial charge in [0.2, 0.25) is 5.96 Å². The molecule has 156 valence electrons. The third-order valence-corrected chi connectivity index (χ3v) is 4.39. The minimum absolute atomic E-state index is 0.467. The standard InChI is InChI=1S/C21H35N5OS/c1-5-27-20-12-8-7-11-19(20)25-17-18(2)13-15-26(23-3)21(22)24-14-9-6-10-16-28-4/h6,9-13,16,23,25H,5,7-8,14-15,17H2,1-4H3,(H2,22,24)/b9-6+,16-10-,18-13+. The number of hydrogen-bond donors (Lipinski definition) is 3. The molecular formula is C21H35N5OS. The Balaban J connectivity index is 2.50. The molecule has 6 nitrogen and oxygen atoms in total. The molecule has 0 atom stereocenters. The van der Waals surface area contributed by atoms with E-state index in [0.29, 0.717) is 25.7 Å². The van der Waals surface area contributed by atoms with Gasteiger partial charge in [-0.05, 0) is 44.4 Å². The van der Waals surface area contributed by atoms with Gasteiger partial charge in [0.15, 0.2) is 0 Å². The maximum absolute atomic E-state index is 6.08. The number of hydrogen-bond acceptors (Lipinski definition) is 5. The van der Waals surface area contributed by atoms with Crippen molar-refractivity contribution in [3.63, 3.8) is 0 Å². The lowest BCUT2D eigenvalue weighted by atomic mass is 10.1. The van der Waals surface area contributed by atoms with E-state index in [1.165, 1.54) is 5.57 Å². The summed E-state index contributed by atoms with van der Waals surface area (Å²) in [6, 6.07) is 0. The lowest BCUT2D eigenvalue weighted by molar-refractivity contribution is 0.231. The minimum atomic E-state index is 0.467. The maximum Gasteiger partial charge on any atom is 0.206 e. The zero-order valence-corrected chi connectivity index (χ0v) is 18.4. The third-order valence-electron chi connectivity index (χ3n) is 3.96. The van der Waals surface area contributed by atoms with Gasteiger partial charge in [0.05, 0.1) is 25.4 Å². The van der Waals surface area contributed by atoms with Crippen LogP contribution < -0.4 is 16.5 Å². The molecule has 28 heavy (non-hydrogen) atoms. The summed E-state index contributed by atoms with van der Waals surface area (Å²) in [4.78, 5) is 4.37. The van der Waals surface area contributed by atoms with Crippen LogP contribution in [0.1, 0.15) is 26.7 Å². The first-order valence-corrected chi connectivity index (χ1v) is 10.9. The normalized spacial score (nSPS) is 15.7. The van der Waals surface area contributed by atoms with Crippen LogP contribution in [0.25, 0.3) is 0 Å². The number of nitrogens with zero attached hydrogens (tertiary/aromatic N) is 2. The highest BCUT2D eigenvalue weighted by Crippen LogP contribution is 2.17. The van der Waals surface area contributed by atoms with Crippen LogP contribution in [-0.2, 0) is 4.74 Å². The molecule has 1 aliphatic rings. The predicted octanol–water partition coefficient (Wildman–Crippen LogP) is 3.30. The van der Waals surface area contributed by atoms with Crippen LogP contribution >= 0.6 is 11.8 Å². The second kappa shape index (κ2) is 14.9. The number of rotatable bonds is 12. The minimum Gasteiger partial charge on any atom is -0.492 e. The van der Waals surface area contributed by atoms with Crippen molar-refractivity contribution in [3.8, 4) is 0 Å². The largest absolute Gasteiger partial charge is 0.492 e. The van der Waals surface area contributed by atoms with E-state index < -0.39 is 0 Å². The van der Waals surface area contributed by atoms with E-state index in [0.717, 1.165) is 30.8 Å². The van der Waals surface area contributed by atoms with Crippen molar-refractivity contribution in [2.45, 2.75) is 26.7 Å². The molecular weight excluding hydrogens is 370 g/mol. The Bertz CT molecular complexity index is 635. The number of ether oxygens (including phenoxy) is 1. The van der Waals surface area contributed by atoms with E-state index in [2.05, 4.69) is 40.9 Å². The summed E-state index contributed by atoms with van der Waals surface area (Å²) in [6.45, 7) is 6.74. The summed E-state index contributed by atoms with van der Waals surface area (Å²) < 4.78 is 5.69. The molecule has 0 bridgehead atoms. The second-order valence-electron chi connectivity index (χ2n) is 6.13. The number of aliphatic imine (C=N–C) groups is 1. The summed E-state index contributed by atoms with van der Waals surface area (Å²) in [5, 5.41) is 7.30. The van der Waals surface area contributed by atoms with Gasteiger partial charge >= 0.3 is 0 Å². The van der Waals surface area contributed by atoms with Crippen molar-refractivity contribution in [1.29, 1.82) is 0 Å². The predicted molar refractivity (Wildman–Crippen MR) is 123 cm³/mol. The van der Waals surface area contributed by atoms with E-state index in [1.807, 2.05) is 48.9 Å². The highest BCUT2D eigenvalue weighted by Gasteiger charge is 2.09. The van der Waals surface area contributed by atoms with Crippen LogP contribution in [0.5, 0.6) is 0 Å². The fourth-order valence-electron chi connectivity index (χ4n) is 2.45. The molecule has 0 saturated heterocycles. The number of nitrogens with two attached hydrogens (primary N) is 1. The topological polar surface area (TPSA) is 74.9 Å². The summed E-state index contributed by atoms with van der Waals surface area (Å²) in [5.41, 5.74) is 11.5. The number of hydrazine groups is 1. The summed E-state index contributed by atoms with van der Waals surface area (Å²) in [7, 11) is 1.84. The summed E-state index contributed by atoms with van der Waals surface area (Å²) in [6.07, 6.45) is 16.5. The second-order valence-corrected chi connectivity index (χ2v) is 6.87. The highest BCUT2D eigenvalue weighted by atomic mass is 32.2. The van der Waals surface area contributed by atoms with Gasteiger partial charge < -0.3 is 15.8 Å². The molecule has 0 aromatic heterocycles. The van der Waals surface area contributed by atoms with Gasteiger partial charge in [0.1, 0.15) is 5.76 Å². The summed E-state index contributed by atoms with van der Waals surface area (Å²) in [5.74, 6) is 1.42. The van der Waals surface area contributed by atoms with Crippen molar-refractivity contribution in [1.82, 2.24) is 15.8 Å². The molecule has 0 spiro atoms. The molecule has 0 radical (unpaired) electrons. The molecule has 0 aromatic carbocycles. The third kappa shape index (κ3) is 9.71. The zero-order valence-electron chi connectivity index (χ0n) is 17.6. The lowest BCUT2D eigenvalue weighted by Crippen LogP contribution is -2.45. The van der Waals surface area contributed by atoms with Crippen LogP contribution in [0.3, 0.4) is 0 Å². The molecule has 0 fully saturated rings. The van der Waals surface area contributed by atoms with Gasteiger partial charge in [-0.1, -0.05) is 36.0 Å². The zero-order chi connectivity index (χ0) is 20.6. The van der Waals surface area contributed by atoms with E-state index in [1.54, 1.807) is 11.8 Å². The van der Waals surface area contributed by atoms with Gasteiger partial charge in [0, 0.05) is 13.6 Å². The van der Waals surface area contributed by atoms with Gasteiger partial charge in [-0.25, -0.2) is 10.4 Å². The Morgan fingerprint density at radius 3 is 2.86 bits per heavy atom. The number of allylic oxidation sites excluding steroid dienone is 4. The molecule has 0 aromatic rings. The number of nitrogens with one attached hydrogen (secondary N) is 2. The van der Waals surface area contributed by atoms with E-state index in [9.17, 15) is 0 Å². The van der Waals surface area contributed by atoms with Crippen molar-refractivity contribution in [2.24, 2.45) is 10.7 Å². The first-order valence-electron chi connectivity index (χ1n) is 9.64. The van der Waals surface area contributed by atoms with Gasteiger partial charge in [-0.3, -0.25) is 5.01 Å². The Morgan fingerprint density at radius 2 is 2.14 bits per heavy atom. The Morgan fingerprint density at radius 1 is 1.36 bits per heavy atom. The summed E-state index contributed by atoms with van der Waals surface area (Å²) >= 11 is 1.66. The molecule has 0 heterocycles. The fourth-order valence-corrected chi connectivity index (χ4v) is 2.70. The van der Waals surface area contributed by atoms with Crippen LogP contribution in [0, 0.1) is 0 Å². The van der Waals surface area contributed by atoms with Crippen molar-refractivity contribution in [3.05, 3.63) is 58.9 Å². The van der Waals surface area contributed by atoms with Gasteiger partial charge in [0.25, 0.3) is 0 Å². The van der Waals surface area contributed by atoms with Crippen molar-refractivity contribution >= 4 is 17.7 Å². The number of thioether (sulfide) groups is 1. The highest BCUT2D eigenvalue weighted by molar-refractivity contribution is 8.01. The molecule has 0 saturated carbocycles. The number of guanidine groups is 1.